The molecule has 0 saturated carbocycles. The van der Waals surface area contributed by atoms with Crippen LogP contribution >= 0.6 is 0 Å². The Kier molecular flexibility index (Phi) is 3.62. The van der Waals surface area contributed by atoms with Crippen molar-refractivity contribution in [3.8, 4) is 0 Å². The molecule has 0 bridgehead atoms. The molecule has 20 heavy (non-hydrogen) atoms. The molecule has 0 amide bonds. The van der Waals surface area contributed by atoms with Crippen LogP contribution in [0.3, 0.4) is 0 Å². The van der Waals surface area contributed by atoms with E-state index in [0.29, 0.717) is 6.42 Å². The monoisotopic (exact) mass is 295 g/mol. The Morgan fingerprint density at radius 1 is 1.45 bits per heavy atom. The quantitative estimate of drug-likeness (QED) is 0.865. The first-order valence-electron chi connectivity index (χ1n) is 6.23. The molecular weight excluding hydrogens is 281 g/mol. The maximum atomic E-state index is 14.1. The number of hydrogen-bond acceptors (Lipinski definition) is 4. The van der Waals surface area contributed by atoms with Crippen molar-refractivity contribution in [2.24, 2.45) is 0 Å². The zero-order valence-corrected chi connectivity index (χ0v) is 11.7. The largest absolute Gasteiger partial charge is 0.371 e. The van der Waals surface area contributed by atoms with Crippen LogP contribution in [0, 0.1) is 0 Å². The Morgan fingerprint density at radius 3 is 2.90 bits per heavy atom. The molecule has 5 nitrogen and oxygen atoms in total. The van der Waals surface area contributed by atoms with E-state index in [4.69, 9.17) is 4.74 Å². The highest BCUT2D eigenvalue weighted by Crippen LogP contribution is 2.39. The van der Waals surface area contributed by atoms with Crippen molar-refractivity contribution in [3.05, 3.63) is 41.7 Å². The molecule has 0 N–H and O–H groups in total. The Labute approximate surface area is 118 Å². The number of benzene rings is 1. The molecule has 3 atom stereocenters. The van der Waals surface area contributed by atoms with E-state index in [-0.39, 0.29) is 23.0 Å². The van der Waals surface area contributed by atoms with E-state index in [1.165, 1.54) is 7.11 Å². The second kappa shape index (κ2) is 5.41. The Morgan fingerprint density at radius 2 is 2.20 bits per heavy atom. The highest BCUT2D eigenvalue weighted by Gasteiger charge is 2.36. The lowest BCUT2D eigenvalue weighted by Crippen LogP contribution is -2.09. The van der Waals surface area contributed by atoms with Crippen LogP contribution in [0.25, 0.3) is 0 Å². The molecule has 0 radical (unpaired) electrons. The third-order valence-corrected chi connectivity index (χ3v) is 4.29. The van der Waals surface area contributed by atoms with Crippen LogP contribution in [-0.2, 0) is 15.5 Å². The van der Waals surface area contributed by atoms with Gasteiger partial charge in [0.25, 0.3) is 0 Å². The molecule has 2 heterocycles. The van der Waals surface area contributed by atoms with Gasteiger partial charge < -0.3 is 4.74 Å². The Balaban J connectivity index is 1.96. The Bertz CT molecular complexity index is 632. The predicted molar refractivity (Wildman–Crippen MR) is 71.4 cm³/mol. The summed E-state index contributed by atoms with van der Waals surface area (Å²) in [4.78, 5) is 4.06. The van der Waals surface area contributed by atoms with Gasteiger partial charge in [-0.3, -0.25) is 0 Å². The summed E-state index contributed by atoms with van der Waals surface area (Å²) in [5, 5.41) is 4.33. The molecule has 0 fully saturated rings. The van der Waals surface area contributed by atoms with Gasteiger partial charge in [0.05, 0.1) is 6.04 Å². The second-order valence-corrected chi connectivity index (χ2v) is 5.87. The van der Waals surface area contributed by atoms with Crippen LogP contribution in [0.15, 0.2) is 35.5 Å². The first kappa shape index (κ1) is 13.4. The summed E-state index contributed by atoms with van der Waals surface area (Å²) in [5.74, 6) is 0.259. The van der Waals surface area contributed by atoms with Gasteiger partial charge in [-0.15, -0.1) is 5.10 Å². The maximum Gasteiger partial charge on any atom is 0.241 e. The van der Waals surface area contributed by atoms with Crippen molar-refractivity contribution >= 4 is 10.8 Å². The van der Waals surface area contributed by atoms with Gasteiger partial charge in [0, 0.05) is 13.5 Å². The molecule has 0 aliphatic carbocycles. The summed E-state index contributed by atoms with van der Waals surface area (Å²) in [6.45, 7) is 0. The SMILES string of the molecule is COCS(=O)c1nc2n(n1)[C@H](c1ccccc1)C[C@@H]2F. The van der Waals surface area contributed by atoms with Crippen molar-refractivity contribution in [1.29, 1.82) is 0 Å². The first-order chi connectivity index (χ1) is 9.70. The standard InChI is InChI=1S/C13H14FN3O2S/c1-19-8-20(18)13-15-12-10(14)7-11(17(12)16-13)9-5-3-2-4-6-9/h2-6,10-11H,7-8H2,1H3/t10-,11-,20?/m0/s1. The fourth-order valence-electron chi connectivity index (χ4n) is 2.37. The van der Waals surface area contributed by atoms with Gasteiger partial charge in [0.1, 0.15) is 16.7 Å². The number of alkyl halides is 1. The summed E-state index contributed by atoms with van der Waals surface area (Å²) in [7, 11) is -0.00801. The van der Waals surface area contributed by atoms with Crippen molar-refractivity contribution < 1.29 is 13.3 Å². The molecule has 106 valence electrons. The van der Waals surface area contributed by atoms with E-state index in [0.717, 1.165) is 5.56 Å². The topological polar surface area (TPSA) is 57.0 Å². The van der Waals surface area contributed by atoms with E-state index in [1.807, 2.05) is 30.3 Å². The van der Waals surface area contributed by atoms with Crippen molar-refractivity contribution in [1.82, 2.24) is 14.8 Å². The summed E-state index contributed by atoms with van der Waals surface area (Å²) in [6.07, 6.45) is -0.864. The lowest BCUT2D eigenvalue weighted by Gasteiger charge is -2.11. The Hall–Kier alpha value is -1.60. The molecule has 2 aromatic rings. The van der Waals surface area contributed by atoms with Gasteiger partial charge in [0.15, 0.2) is 12.0 Å². The third kappa shape index (κ3) is 2.27. The highest BCUT2D eigenvalue weighted by molar-refractivity contribution is 7.84. The van der Waals surface area contributed by atoms with Crippen LogP contribution in [0.2, 0.25) is 0 Å². The molecule has 1 aromatic carbocycles. The zero-order valence-electron chi connectivity index (χ0n) is 10.9. The van der Waals surface area contributed by atoms with Gasteiger partial charge in [-0.05, 0) is 5.56 Å². The number of ether oxygens (including phenoxy) is 1. The van der Waals surface area contributed by atoms with Crippen molar-refractivity contribution in [3.63, 3.8) is 0 Å². The third-order valence-electron chi connectivity index (χ3n) is 3.26. The van der Waals surface area contributed by atoms with Gasteiger partial charge in [-0.2, -0.15) is 0 Å². The number of nitrogens with zero attached hydrogens (tertiary/aromatic N) is 3. The van der Waals surface area contributed by atoms with Crippen molar-refractivity contribution in [2.45, 2.75) is 23.8 Å². The van der Waals surface area contributed by atoms with Gasteiger partial charge in [-0.1, -0.05) is 30.3 Å². The van der Waals surface area contributed by atoms with E-state index >= 15 is 0 Å². The minimum Gasteiger partial charge on any atom is -0.371 e. The fourth-order valence-corrected chi connectivity index (χ4v) is 3.06. The van der Waals surface area contributed by atoms with Gasteiger partial charge in [-0.25, -0.2) is 18.3 Å². The molecule has 1 aliphatic rings. The lowest BCUT2D eigenvalue weighted by atomic mass is 10.0. The lowest BCUT2D eigenvalue weighted by molar-refractivity contribution is 0.254. The van der Waals surface area contributed by atoms with E-state index < -0.39 is 17.0 Å². The van der Waals surface area contributed by atoms with Gasteiger partial charge in [0.2, 0.25) is 5.16 Å². The van der Waals surface area contributed by atoms with Crippen LogP contribution in [-0.4, -0.2) is 32.0 Å². The number of hydrogen-bond donors (Lipinski definition) is 0. The average Bonchev–Trinajstić information content (AvgIpc) is 3.01. The maximum absolute atomic E-state index is 14.1. The minimum absolute atomic E-state index is 0.0103. The fraction of sp³-hybridized carbons (Fsp3) is 0.385. The molecule has 7 heteroatoms. The first-order valence-corrected chi connectivity index (χ1v) is 7.55. The summed E-state index contributed by atoms with van der Waals surface area (Å²) in [6, 6.07) is 9.39. The smallest absolute Gasteiger partial charge is 0.241 e. The summed E-state index contributed by atoms with van der Waals surface area (Å²) < 4.78 is 32.2. The van der Waals surface area contributed by atoms with E-state index in [2.05, 4.69) is 10.1 Å². The van der Waals surface area contributed by atoms with Gasteiger partial charge >= 0.3 is 0 Å². The van der Waals surface area contributed by atoms with Crippen LogP contribution in [0.5, 0.6) is 0 Å². The van der Waals surface area contributed by atoms with Crippen LogP contribution < -0.4 is 0 Å². The summed E-state index contributed by atoms with van der Waals surface area (Å²) in [5.41, 5.74) is 0.975. The number of aromatic nitrogens is 3. The zero-order chi connectivity index (χ0) is 14.1. The number of rotatable bonds is 4. The van der Waals surface area contributed by atoms with E-state index in [9.17, 15) is 8.60 Å². The molecule has 1 aromatic heterocycles. The summed E-state index contributed by atoms with van der Waals surface area (Å²) >= 11 is 0. The molecule has 3 rings (SSSR count). The molecule has 0 spiro atoms. The van der Waals surface area contributed by atoms with Crippen LogP contribution in [0.1, 0.15) is 30.0 Å². The number of halogens is 1. The second-order valence-electron chi connectivity index (χ2n) is 4.58. The van der Waals surface area contributed by atoms with Crippen LogP contribution in [0.4, 0.5) is 4.39 Å². The molecule has 1 aliphatic heterocycles. The molecule has 0 saturated heterocycles. The van der Waals surface area contributed by atoms with Crippen molar-refractivity contribution in [2.75, 3.05) is 13.0 Å². The minimum atomic E-state index is -1.46. The van der Waals surface area contributed by atoms with E-state index in [1.54, 1.807) is 4.68 Å². The number of fused-ring (bicyclic) bond motifs is 1. The highest BCUT2D eigenvalue weighted by atomic mass is 32.2. The average molecular weight is 295 g/mol. The molecule has 1 unspecified atom stereocenters. The molecular formula is C13H14FN3O2S. The normalized spacial score (nSPS) is 22.7. The number of methoxy groups -OCH3 is 1. The predicted octanol–water partition coefficient (Wildman–Crippen LogP) is 1.99.